The Morgan fingerprint density at radius 3 is 2.84 bits per heavy atom. The molecule has 2 heteroatoms. The number of rotatable bonds is 1. The van der Waals surface area contributed by atoms with Crippen LogP contribution in [0.15, 0.2) is 67.0 Å². The zero-order valence-corrected chi connectivity index (χ0v) is 10.3. The molecule has 90 valence electrons. The summed E-state index contributed by atoms with van der Waals surface area (Å²) in [5.74, 6) is 0. The van der Waals surface area contributed by atoms with Gasteiger partial charge in [-0.1, -0.05) is 30.3 Å². The Kier molecular flexibility index (Phi) is 2.15. The highest BCUT2D eigenvalue weighted by atomic mass is 14.7. The highest BCUT2D eigenvalue weighted by Gasteiger charge is 2.05. The van der Waals surface area contributed by atoms with Crippen molar-refractivity contribution in [3.8, 4) is 11.1 Å². The van der Waals surface area contributed by atoms with Crippen LogP contribution in [0.3, 0.4) is 0 Å². The van der Waals surface area contributed by atoms with E-state index in [9.17, 15) is 0 Å². The van der Waals surface area contributed by atoms with E-state index in [1.165, 1.54) is 16.3 Å². The molecule has 4 aromatic rings. The third-order valence-corrected chi connectivity index (χ3v) is 3.50. The lowest BCUT2D eigenvalue weighted by Crippen LogP contribution is -1.83. The fourth-order valence-electron chi connectivity index (χ4n) is 2.56. The van der Waals surface area contributed by atoms with Crippen molar-refractivity contribution in [3.05, 3.63) is 67.0 Å². The Morgan fingerprint density at radius 1 is 0.895 bits per heavy atom. The number of nitrogens with one attached hydrogen (secondary N) is 1. The van der Waals surface area contributed by atoms with E-state index in [0.29, 0.717) is 0 Å². The van der Waals surface area contributed by atoms with Gasteiger partial charge in [0.1, 0.15) is 0 Å². The van der Waals surface area contributed by atoms with Crippen LogP contribution in [0, 0.1) is 0 Å². The SMILES string of the molecule is c1ccc2ncc(-c3cccc4[nH]ccc34)cc2c1. The summed E-state index contributed by atoms with van der Waals surface area (Å²) in [4.78, 5) is 7.78. The van der Waals surface area contributed by atoms with Crippen molar-refractivity contribution in [1.29, 1.82) is 0 Å². The number of aromatic nitrogens is 2. The fourth-order valence-corrected chi connectivity index (χ4v) is 2.56. The van der Waals surface area contributed by atoms with Crippen molar-refractivity contribution in [2.45, 2.75) is 0 Å². The van der Waals surface area contributed by atoms with Crippen molar-refractivity contribution in [2.75, 3.05) is 0 Å². The normalized spacial score (nSPS) is 11.2. The molecule has 4 rings (SSSR count). The van der Waals surface area contributed by atoms with E-state index in [4.69, 9.17) is 0 Å². The van der Waals surface area contributed by atoms with Crippen molar-refractivity contribution < 1.29 is 0 Å². The number of hydrogen-bond donors (Lipinski definition) is 1. The molecule has 19 heavy (non-hydrogen) atoms. The molecule has 0 unspecified atom stereocenters. The molecule has 0 amide bonds. The topological polar surface area (TPSA) is 28.7 Å². The van der Waals surface area contributed by atoms with Gasteiger partial charge in [-0.3, -0.25) is 4.98 Å². The minimum atomic E-state index is 1.03. The highest BCUT2D eigenvalue weighted by molar-refractivity contribution is 5.96. The van der Waals surface area contributed by atoms with Crippen molar-refractivity contribution in [3.63, 3.8) is 0 Å². The molecule has 0 fully saturated rings. The Morgan fingerprint density at radius 2 is 1.84 bits per heavy atom. The lowest BCUT2D eigenvalue weighted by Gasteiger charge is -2.05. The quantitative estimate of drug-likeness (QED) is 0.528. The van der Waals surface area contributed by atoms with Gasteiger partial charge in [0.15, 0.2) is 0 Å². The Bertz CT molecular complexity index is 874. The van der Waals surface area contributed by atoms with E-state index >= 15 is 0 Å². The van der Waals surface area contributed by atoms with Crippen LogP contribution in [0.25, 0.3) is 32.9 Å². The van der Waals surface area contributed by atoms with Gasteiger partial charge in [0.05, 0.1) is 5.52 Å². The van der Waals surface area contributed by atoms with Crippen LogP contribution < -0.4 is 0 Å². The summed E-state index contributed by atoms with van der Waals surface area (Å²) in [6, 6.07) is 18.8. The molecule has 2 nitrogen and oxygen atoms in total. The average Bonchev–Trinajstić information content (AvgIpc) is 2.95. The molecule has 0 saturated carbocycles. The second kappa shape index (κ2) is 3.95. The minimum Gasteiger partial charge on any atom is -0.361 e. The molecular formula is C17H12N2. The molecule has 0 saturated heterocycles. The van der Waals surface area contributed by atoms with Gasteiger partial charge in [0.25, 0.3) is 0 Å². The molecule has 0 radical (unpaired) electrons. The summed E-state index contributed by atoms with van der Waals surface area (Å²) >= 11 is 0. The summed E-state index contributed by atoms with van der Waals surface area (Å²) in [5, 5.41) is 2.41. The first-order chi connectivity index (χ1) is 9.42. The Hall–Kier alpha value is -2.61. The summed E-state index contributed by atoms with van der Waals surface area (Å²) in [6.45, 7) is 0. The van der Waals surface area contributed by atoms with Crippen LogP contribution in [0.4, 0.5) is 0 Å². The van der Waals surface area contributed by atoms with Gasteiger partial charge in [-0.15, -0.1) is 0 Å². The molecule has 0 bridgehead atoms. The second-order valence-electron chi connectivity index (χ2n) is 4.66. The number of hydrogen-bond acceptors (Lipinski definition) is 1. The molecule has 0 aliphatic carbocycles. The molecule has 0 atom stereocenters. The van der Waals surface area contributed by atoms with Crippen LogP contribution in [0.1, 0.15) is 0 Å². The molecular weight excluding hydrogens is 232 g/mol. The Balaban J connectivity index is 2.01. The molecule has 0 spiro atoms. The van der Waals surface area contributed by atoms with Crippen LogP contribution >= 0.6 is 0 Å². The third kappa shape index (κ3) is 1.61. The number of fused-ring (bicyclic) bond motifs is 2. The standard InChI is InChI=1S/C17H12N2/c1-2-6-16-12(4-1)10-13(11-19-16)14-5-3-7-17-15(14)8-9-18-17/h1-11,18H. The predicted octanol–water partition coefficient (Wildman–Crippen LogP) is 4.38. The molecule has 2 aromatic heterocycles. The summed E-state index contributed by atoms with van der Waals surface area (Å²) in [6.07, 6.45) is 3.92. The van der Waals surface area contributed by atoms with E-state index in [1.54, 1.807) is 0 Å². The monoisotopic (exact) mass is 244 g/mol. The lowest BCUT2D eigenvalue weighted by molar-refractivity contribution is 1.41. The maximum absolute atomic E-state index is 4.54. The highest BCUT2D eigenvalue weighted by Crippen LogP contribution is 2.29. The van der Waals surface area contributed by atoms with Crippen LogP contribution in [0.5, 0.6) is 0 Å². The zero-order chi connectivity index (χ0) is 12.7. The molecule has 1 N–H and O–H groups in total. The largest absolute Gasteiger partial charge is 0.361 e. The van der Waals surface area contributed by atoms with Crippen LogP contribution in [-0.2, 0) is 0 Å². The second-order valence-corrected chi connectivity index (χ2v) is 4.66. The maximum Gasteiger partial charge on any atom is 0.0702 e. The van der Waals surface area contributed by atoms with Crippen LogP contribution in [0.2, 0.25) is 0 Å². The van der Waals surface area contributed by atoms with E-state index < -0.39 is 0 Å². The van der Waals surface area contributed by atoms with Gasteiger partial charge in [-0.2, -0.15) is 0 Å². The van der Waals surface area contributed by atoms with E-state index in [2.05, 4.69) is 46.4 Å². The third-order valence-electron chi connectivity index (χ3n) is 3.50. The number of H-pyrrole nitrogens is 1. The van der Waals surface area contributed by atoms with Gasteiger partial charge < -0.3 is 4.98 Å². The number of aromatic amines is 1. The van der Waals surface area contributed by atoms with E-state index in [-0.39, 0.29) is 0 Å². The first-order valence-corrected chi connectivity index (χ1v) is 6.33. The van der Waals surface area contributed by atoms with Crippen molar-refractivity contribution in [1.82, 2.24) is 9.97 Å². The maximum atomic E-state index is 4.54. The molecule has 0 aliphatic rings. The number of pyridine rings is 1. The van der Waals surface area contributed by atoms with Crippen molar-refractivity contribution >= 4 is 21.8 Å². The number of para-hydroxylation sites is 1. The predicted molar refractivity (Wildman–Crippen MR) is 79.0 cm³/mol. The zero-order valence-electron chi connectivity index (χ0n) is 10.3. The average molecular weight is 244 g/mol. The van der Waals surface area contributed by atoms with Gasteiger partial charge in [0.2, 0.25) is 0 Å². The number of benzene rings is 2. The Labute approximate surface area is 110 Å². The summed E-state index contributed by atoms with van der Waals surface area (Å²) in [7, 11) is 0. The molecule has 0 aliphatic heterocycles. The first kappa shape index (κ1) is 10.3. The summed E-state index contributed by atoms with van der Waals surface area (Å²) in [5.41, 5.74) is 4.57. The minimum absolute atomic E-state index is 1.03. The lowest BCUT2D eigenvalue weighted by atomic mass is 10.0. The van der Waals surface area contributed by atoms with E-state index in [1.807, 2.05) is 30.6 Å². The number of nitrogens with zero attached hydrogens (tertiary/aromatic N) is 1. The van der Waals surface area contributed by atoms with E-state index in [0.717, 1.165) is 16.6 Å². The van der Waals surface area contributed by atoms with Gasteiger partial charge in [0, 0.05) is 34.2 Å². The van der Waals surface area contributed by atoms with Crippen LogP contribution in [-0.4, -0.2) is 9.97 Å². The fraction of sp³-hybridized carbons (Fsp3) is 0. The first-order valence-electron chi connectivity index (χ1n) is 6.33. The van der Waals surface area contributed by atoms with Gasteiger partial charge in [-0.25, -0.2) is 0 Å². The molecule has 2 heterocycles. The van der Waals surface area contributed by atoms with Crippen molar-refractivity contribution in [2.24, 2.45) is 0 Å². The van der Waals surface area contributed by atoms with Gasteiger partial charge >= 0.3 is 0 Å². The summed E-state index contributed by atoms with van der Waals surface area (Å²) < 4.78 is 0. The molecule has 2 aromatic carbocycles. The van der Waals surface area contributed by atoms with Gasteiger partial charge in [-0.05, 0) is 29.8 Å². The smallest absolute Gasteiger partial charge is 0.0702 e.